The van der Waals surface area contributed by atoms with E-state index in [9.17, 15) is 4.79 Å². The van der Waals surface area contributed by atoms with E-state index in [1.807, 2.05) is 18.2 Å². The van der Waals surface area contributed by atoms with Gasteiger partial charge < -0.3 is 19.2 Å². The van der Waals surface area contributed by atoms with E-state index in [4.69, 9.17) is 14.2 Å². The molecule has 0 unspecified atom stereocenters. The van der Waals surface area contributed by atoms with Crippen LogP contribution < -0.4 is 9.47 Å². The fraction of sp³-hybridized carbons (Fsp3) is 0.353. The summed E-state index contributed by atoms with van der Waals surface area (Å²) >= 11 is 0. The van der Waals surface area contributed by atoms with Crippen molar-refractivity contribution in [1.29, 1.82) is 0 Å². The van der Waals surface area contributed by atoms with Crippen LogP contribution in [-0.4, -0.2) is 31.3 Å². The summed E-state index contributed by atoms with van der Waals surface area (Å²) in [5.41, 5.74) is 3.67. The summed E-state index contributed by atoms with van der Waals surface area (Å²) in [6, 6.07) is 5.87. The van der Waals surface area contributed by atoms with Gasteiger partial charge in [0.25, 0.3) is 0 Å². The fourth-order valence-corrected chi connectivity index (χ4v) is 2.95. The molecule has 1 N–H and O–H groups in total. The second kappa shape index (κ2) is 5.09. The van der Waals surface area contributed by atoms with Gasteiger partial charge in [-0.05, 0) is 42.5 Å². The van der Waals surface area contributed by atoms with Gasteiger partial charge in [0.15, 0.2) is 11.5 Å². The average Bonchev–Trinajstić information content (AvgIpc) is 3.31. The molecule has 114 valence electrons. The molecule has 2 heterocycles. The Morgan fingerprint density at radius 1 is 1.23 bits per heavy atom. The van der Waals surface area contributed by atoms with Gasteiger partial charge in [-0.25, -0.2) is 4.79 Å². The average molecular weight is 299 g/mol. The maximum atomic E-state index is 12.0. The van der Waals surface area contributed by atoms with Crippen LogP contribution >= 0.6 is 0 Å². The first-order valence-electron chi connectivity index (χ1n) is 7.47. The van der Waals surface area contributed by atoms with Crippen LogP contribution in [0.3, 0.4) is 0 Å². The van der Waals surface area contributed by atoms with Crippen molar-refractivity contribution < 1.29 is 19.0 Å². The molecule has 1 aliphatic heterocycles. The lowest BCUT2D eigenvalue weighted by atomic mass is 10.0. The Morgan fingerprint density at radius 3 is 2.73 bits per heavy atom. The predicted octanol–water partition coefficient (Wildman–Crippen LogP) is 3.12. The van der Waals surface area contributed by atoms with Crippen molar-refractivity contribution in [1.82, 2.24) is 4.98 Å². The zero-order valence-corrected chi connectivity index (χ0v) is 12.3. The molecule has 1 aromatic carbocycles. The van der Waals surface area contributed by atoms with Crippen molar-refractivity contribution in [3.05, 3.63) is 35.5 Å². The summed E-state index contributed by atoms with van der Waals surface area (Å²) in [5, 5.41) is 0. The highest BCUT2D eigenvalue weighted by Gasteiger charge is 2.33. The van der Waals surface area contributed by atoms with E-state index in [-0.39, 0.29) is 5.97 Å². The highest BCUT2D eigenvalue weighted by Crippen LogP contribution is 2.47. The summed E-state index contributed by atoms with van der Waals surface area (Å²) in [6.45, 7) is 1.14. The van der Waals surface area contributed by atoms with Gasteiger partial charge in [-0.3, -0.25) is 0 Å². The van der Waals surface area contributed by atoms with E-state index in [2.05, 4.69) is 4.98 Å². The van der Waals surface area contributed by atoms with Crippen molar-refractivity contribution >= 4 is 5.97 Å². The van der Waals surface area contributed by atoms with E-state index in [0.717, 1.165) is 41.2 Å². The number of fused-ring (bicyclic) bond motifs is 1. The molecule has 0 radical (unpaired) electrons. The number of hydrogen-bond donors (Lipinski definition) is 1. The lowest BCUT2D eigenvalue weighted by Gasteiger charge is -2.19. The molecule has 0 saturated heterocycles. The van der Waals surface area contributed by atoms with Crippen molar-refractivity contribution in [3.8, 4) is 22.8 Å². The molecule has 0 bridgehead atoms. The highest BCUT2D eigenvalue weighted by molar-refractivity contribution is 5.94. The Kier molecular flexibility index (Phi) is 3.06. The molecule has 1 saturated carbocycles. The third-order valence-electron chi connectivity index (χ3n) is 4.14. The van der Waals surface area contributed by atoms with Gasteiger partial charge in [-0.2, -0.15) is 0 Å². The van der Waals surface area contributed by atoms with Gasteiger partial charge in [-0.1, -0.05) is 0 Å². The Labute approximate surface area is 128 Å². The zero-order chi connectivity index (χ0) is 15.1. The Balaban J connectivity index is 1.79. The molecular formula is C17H17NO4. The predicted molar refractivity (Wildman–Crippen MR) is 80.5 cm³/mol. The van der Waals surface area contributed by atoms with Crippen LogP contribution in [0.2, 0.25) is 0 Å². The smallest absolute Gasteiger partial charge is 0.339 e. The number of benzene rings is 1. The summed E-state index contributed by atoms with van der Waals surface area (Å²) < 4.78 is 16.1. The van der Waals surface area contributed by atoms with E-state index < -0.39 is 0 Å². The standard InChI is InChI=1S/C17H17NO4/c1-20-17(19)12-9-18-16(15(12)10-2-3-10)11-4-5-13-14(8-11)22-7-6-21-13/h4-5,8-10,18H,2-3,6-7H2,1H3. The number of H-pyrrole nitrogens is 1. The molecule has 5 heteroatoms. The van der Waals surface area contributed by atoms with Crippen LogP contribution in [0.1, 0.15) is 34.7 Å². The number of methoxy groups -OCH3 is 1. The number of aromatic amines is 1. The lowest BCUT2D eigenvalue weighted by molar-refractivity contribution is 0.0600. The van der Waals surface area contributed by atoms with Gasteiger partial charge >= 0.3 is 5.97 Å². The molecule has 0 spiro atoms. The normalized spacial score (nSPS) is 16.4. The minimum absolute atomic E-state index is 0.290. The topological polar surface area (TPSA) is 60.6 Å². The molecule has 2 aromatic rings. The van der Waals surface area contributed by atoms with Crippen LogP contribution in [0.25, 0.3) is 11.3 Å². The van der Waals surface area contributed by atoms with Gasteiger partial charge in [0.2, 0.25) is 0 Å². The summed E-state index contributed by atoms with van der Waals surface area (Å²) in [6.07, 6.45) is 3.96. The number of carbonyl (C=O) groups is 1. The van der Waals surface area contributed by atoms with Crippen LogP contribution in [0.4, 0.5) is 0 Å². The van der Waals surface area contributed by atoms with Gasteiger partial charge in [-0.15, -0.1) is 0 Å². The second-order valence-corrected chi connectivity index (χ2v) is 5.62. The van der Waals surface area contributed by atoms with Crippen molar-refractivity contribution in [2.75, 3.05) is 20.3 Å². The molecule has 4 rings (SSSR count). The highest BCUT2D eigenvalue weighted by atomic mass is 16.6. The molecule has 0 atom stereocenters. The third kappa shape index (κ3) is 2.13. The number of aromatic nitrogens is 1. The van der Waals surface area contributed by atoms with E-state index in [1.165, 1.54) is 7.11 Å². The summed E-state index contributed by atoms with van der Waals surface area (Å²) in [4.78, 5) is 15.2. The van der Waals surface area contributed by atoms with Crippen molar-refractivity contribution in [2.45, 2.75) is 18.8 Å². The summed E-state index contributed by atoms with van der Waals surface area (Å²) in [5.74, 6) is 1.66. The lowest BCUT2D eigenvalue weighted by Crippen LogP contribution is -2.15. The number of esters is 1. The number of carbonyl (C=O) groups excluding carboxylic acids is 1. The Bertz CT molecular complexity index is 730. The van der Waals surface area contributed by atoms with E-state index in [1.54, 1.807) is 6.20 Å². The number of nitrogens with one attached hydrogen (secondary N) is 1. The number of hydrogen-bond acceptors (Lipinski definition) is 4. The summed E-state index contributed by atoms with van der Waals surface area (Å²) in [7, 11) is 1.41. The zero-order valence-electron chi connectivity index (χ0n) is 12.3. The van der Waals surface area contributed by atoms with E-state index >= 15 is 0 Å². The molecule has 22 heavy (non-hydrogen) atoms. The quantitative estimate of drug-likeness (QED) is 0.885. The molecule has 1 aromatic heterocycles. The number of rotatable bonds is 3. The molecular weight excluding hydrogens is 282 g/mol. The van der Waals surface area contributed by atoms with Crippen LogP contribution in [0.15, 0.2) is 24.4 Å². The molecule has 0 amide bonds. The first kappa shape index (κ1) is 13.2. The monoisotopic (exact) mass is 299 g/mol. The van der Waals surface area contributed by atoms with Gasteiger partial charge in [0.05, 0.1) is 12.7 Å². The van der Waals surface area contributed by atoms with Gasteiger partial charge in [0.1, 0.15) is 13.2 Å². The first-order valence-corrected chi connectivity index (χ1v) is 7.47. The van der Waals surface area contributed by atoms with Crippen LogP contribution in [-0.2, 0) is 4.74 Å². The minimum atomic E-state index is -0.290. The SMILES string of the molecule is COC(=O)c1c[nH]c(-c2ccc3c(c2)OCCO3)c1C1CC1. The van der Waals surface area contributed by atoms with Crippen LogP contribution in [0, 0.1) is 0 Å². The maximum absolute atomic E-state index is 12.0. The molecule has 1 aliphatic carbocycles. The largest absolute Gasteiger partial charge is 0.486 e. The van der Waals surface area contributed by atoms with Crippen molar-refractivity contribution in [2.24, 2.45) is 0 Å². The van der Waals surface area contributed by atoms with Crippen molar-refractivity contribution in [3.63, 3.8) is 0 Å². The Hall–Kier alpha value is -2.43. The minimum Gasteiger partial charge on any atom is -0.486 e. The van der Waals surface area contributed by atoms with Gasteiger partial charge in [0, 0.05) is 17.5 Å². The van der Waals surface area contributed by atoms with E-state index in [0.29, 0.717) is 24.7 Å². The maximum Gasteiger partial charge on any atom is 0.339 e. The Morgan fingerprint density at radius 2 is 2.00 bits per heavy atom. The fourth-order valence-electron chi connectivity index (χ4n) is 2.95. The second-order valence-electron chi connectivity index (χ2n) is 5.62. The molecule has 2 aliphatic rings. The third-order valence-corrected chi connectivity index (χ3v) is 4.14. The van der Waals surface area contributed by atoms with Crippen LogP contribution in [0.5, 0.6) is 11.5 Å². The first-order chi connectivity index (χ1) is 10.8. The molecule has 1 fully saturated rings. The molecule has 5 nitrogen and oxygen atoms in total. The number of ether oxygens (including phenoxy) is 3.